The van der Waals surface area contributed by atoms with E-state index in [-0.39, 0.29) is 0 Å². The number of phenols is 1. The molecule has 1 N–H and O–H groups in total. The number of carbonyl (C=O) groups is 1. The number of hydrogen-bond donors (Lipinski definition) is 1. The highest BCUT2D eigenvalue weighted by molar-refractivity contribution is 5.97. The lowest BCUT2D eigenvalue weighted by Gasteiger charge is -2.34. The van der Waals surface area contributed by atoms with Crippen LogP contribution in [0.3, 0.4) is 0 Å². The van der Waals surface area contributed by atoms with Crippen molar-refractivity contribution in [3.8, 4) is 5.75 Å². The van der Waals surface area contributed by atoms with Gasteiger partial charge in [0, 0.05) is 57.3 Å². The summed E-state index contributed by atoms with van der Waals surface area (Å²) in [6, 6.07) is 5.20. The fourth-order valence-corrected chi connectivity index (χ4v) is 2.79. The van der Waals surface area contributed by atoms with E-state index in [0.29, 0.717) is 32.2 Å². The van der Waals surface area contributed by atoms with Gasteiger partial charge in [0.15, 0.2) is 0 Å². The van der Waals surface area contributed by atoms with Gasteiger partial charge in [-0.25, -0.2) is 8.78 Å². The molecule has 1 fully saturated rings. The predicted molar refractivity (Wildman–Crippen MR) is 83.4 cm³/mol. The van der Waals surface area contributed by atoms with E-state index in [1.807, 2.05) is 12.1 Å². The van der Waals surface area contributed by atoms with Crippen LogP contribution in [0.2, 0.25) is 0 Å². The van der Waals surface area contributed by atoms with Crippen LogP contribution in [0.1, 0.15) is 15.9 Å². The molecule has 2 aromatic rings. The molecule has 24 heavy (non-hydrogen) atoms. The number of aromatic hydroxyl groups is 1. The van der Waals surface area contributed by atoms with E-state index in [0.717, 1.165) is 18.2 Å². The fourth-order valence-electron chi connectivity index (χ4n) is 2.79. The molecule has 7 heteroatoms. The predicted octanol–water partition coefficient (Wildman–Crippen LogP) is 2.02. The second-order valence-corrected chi connectivity index (χ2v) is 5.71. The molecule has 1 amide bonds. The van der Waals surface area contributed by atoms with Crippen molar-refractivity contribution in [2.24, 2.45) is 0 Å². The van der Waals surface area contributed by atoms with Crippen LogP contribution in [-0.2, 0) is 6.54 Å². The first-order valence-corrected chi connectivity index (χ1v) is 7.63. The van der Waals surface area contributed by atoms with Crippen LogP contribution < -0.4 is 0 Å². The van der Waals surface area contributed by atoms with Gasteiger partial charge in [-0.2, -0.15) is 0 Å². The van der Waals surface area contributed by atoms with Crippen LogP contribution in [0.4, 0.5) is 8.78 Å². The van der Waals surface area contributed by atoms with Gasteiger partial charge in [0.05, 0.1) is 0 Å². The van der Waals surface area contributed by atoms with Crippen LogP contribution in [0, 0.1) is 11.6 Å². The van der Waals surface area contributed by atoms with Crippen molar-refractivity contribution in [3.05, 3.63) is 59.4 Å². The molecule has 0 radical (unpaired) electrons. The van der Waals surface area contributed by atoms with Crippen LogP contribution in [-0.4, -0.2) is 52.0 Å². The quantitative estimate of drug-likeness (QED) is 0.934. The summed E-state index contributed by atoms with van der Waals surface area (Å²) in [5, 5.41) is 9.68. The van der Waals surface area contributed by atoms with E-state index in [1.165, 1.54) is 4.90 Å². The van der Waals surface area contributed by atoms with Crippen LogP contribution in [0.15, 0.2) is 36.7 Å². The van der Waals surface area contributed by atoms with E-state index >= 15 is 0 Å². The number of benzene rings is 1. The summed E-state index contributed by atoms with van der Waals surface area (Å²) in [6.45, 7) is 2.81. The molecule has 1 aliphatic rings. The Morgan fingerprint density at radius 3 is 2.58 bits per heavy atom. The van der Waals surface area contributed by atoms with Gasteiger partial charge in [-0.1, -0.05) is 6.07 Å². The summed E-state index contributed by atoms with van der Waals surface area (Å²) in [4.78, 5) is 20.1. The minimum atomic E-state index is -1.05. The number of halogens is 2. The Morgan fingerprint density at radius 2 is 1.96 bits per heavy atom. The number of carbonyl (C=O) groups excluding carboxylic acids is 1. The standard InChI is InChI=1S/C17H17F2N3O2/c18-13-8-14(19)16(15(23)9-13)17(24)22-6-4-21(5-7-22)11-12-2-1-3-20-10-12/h1-3,8-10,23H,4-7,11H2. The monoisotopic (exact) mass is 333 g/mol. The number of aromatic nitrogens is 1. The molecule has 0 saturated carbocycles. The summed E-state index contributed by atoms with van der Waals surface area (Å²) in [5.74, 6) is -3.25. The minimum Gasteiger partial charge on any atom is -0.507 e. The molecular formula is C17H17F2N3O2. The molecule has 126 valence electrons. The maximum atomic E-state index is 13.8. The number of hydrogen-bond acceptors (Lipinski definition) is 4. The van der Waals surface area contributed by atoms with E-state index in [4.69, 9.17) is 0 Å². The van der Waals surface area contributed by atoms with Gasteiger partial charge in [-0.05, 0) is 11.6 Å². The third-order valence-corrected chi connectivity index (χ3v) is 4.04. The van der Waals surface area contributed by atoms with E-state index in [2.05, 4.69) is 9.88 Å². The second kappa shape index (κ2) is 6.92. The molecule has 1 aliphatic heterocycles. The lowest BCUT2D eigenvalue weighted by Crippen LogP contribution is -2.48. The van der Waals surface area contributed by atoms with Crippen molar-refractivity contribution in [1.29, 1.82) is 0 Å². The average molecular weight is 333 g/mol. The Kier molecular flexibility index (Phi) is 4.71. The lowest BCUT2D eigenvalue weighted by atomic mass is 10.1. The van der Waals surface area contributed by atoms with Gasteiger partial charge in [0.1, 0.15) is 22.9 Å². The molecule has 5 nitrogen and oxygen atoms in total. The maximum Gasteiger partial charge on any atom is 0.260 e. The second-order valence-electron chi connectivity index (χ2n) is 5.71. The van der Waals surface area contributed by atoms with Crippen molar-refractivity contribution >= 4 is 5.91 Å². The molecule has 1 aromatic carbocycles. The van der Waals surface area contributed by atoms with E-state index < -0.39 is 28.9 Å². The summed E-state index contributed by atoms with van der Waals surface area (Å²) in [6.07, 6.45) is 3.51. The number of piperazine rings is 1. The fraction of sp³-hybridized carbons (Fsp3) is 0.294. The van der Waals surface area contributed by atoms with Crippen molar-refractivity contribution in [2.75, 3.05) is 26.2 Å². The first-order chi connectivity index (χ1) is 11.5. The number of rotatable bonds is 3. The molecule has 0 bridgehead atoms. The molecule has 1 saturated heterocycles. The Labute approximate surface area is 138 Å². The Bertz CT molecular complexity index is 709. The van der Waals surface area contributed by atoms with Crippen LogP contribution in [0.25, 0.3) is 0 Å². The first-order valence-electron chi connectivity index (χ1n) is 7.63. The van der Waals surface area contributed by atoms with Crippen molar-refractivity contribution in [2.45, 2.75) is 6.54 Å². The first kappa shape index (κ1) is 16.3. The van der Waals surface area contributed by atoms with Gasteiger partial charge in [0.25, 0.3) is 5.91 Å². The summed E-state index contributed by atoms with van der Waals surface area (Å²) < 4.78 is 26.9. The molecule has 0 spiro atoms. The number of phenolic OH excluding ortho intramolecular Hbond substituents is 1. The van der Waals surface area contributed by atoms with E-state index in [1.54, 1.807) is 12.4 Å². The number of nitrogens with zero attached hydrogens (tertiary/aromatic N) is 3. The smallest absolute Gasteiger partial charge is 0.260 e. The molecule has 0 atom stereocenters. The highest BCUT2D eigenvalue weighted by Gasteiger charge is 2.27. The topological polar surface area (TPSA) is 56.7 Å². The Balaban J connectivity index is 1.63. The zero-order valence-electron chi connectivity index (χ0n) is 13.0. The minimum absolute atomic E-state index is 0.412. The molecule has 3 rings (SSSR count). The Morgan fingerprint density at radius 1 is 1.21 bits per heavy atom. The van der Waals surface area contributed by atoms with Crippen molar-refractivity contribution in [3.63, 3.8) is 0 Å². The van der Waals surface area contributed by atoms with Gasteiger partial charge < -0.3 is 10.0 Å². The van der Waals surface area contributed by atoms with Crippen LogP contribution >= 0.6 is 0 Å². The molecule has 0 unspecified atom stereocenters. The summed E-state index contributed by atoms with van der Waals surface area (Å²) in [7, 11) is 0. The number of pyridine rings is 1. The molecule has 2 heterocycles. The summed E-state index contributed by atoms with van der Waals surface area (Å²) >= 11 is 0. The van der Waals surface area contributed by atoms with Crippen molar-refractivity contribution < 1.29 is 18.7 Å². The highest BCUT2D eigenvalue weighted by atomic mass is 19.1. The zero-order valence-corrected chi connectivity index (χ0v) is 13.0. The normalized spacial score (nSPS) is 15.5. The third kappa shape index (κ3) is 3.51. The maximum absolute atomic E-state index is 13.8. The Hall–Kier alpha value is -2.54. The van der Waals surface area contributed by atoms with Crippen LogP contribution in [0.5, 0.6) is 5.75 Å². The average Bonchev–Trinajstić information content (AvgIpc) is 2.55. The highest BCUT2D eigenvalue weighted by Crippen LogP contribution is 2.24. The van der Waals surface area contributed by atoms with Gasteiger partial charge in [0.2, 0.25) is 0 Å². The summed E-state index contributed by atoms with van der Waals surface area (Å²) in [5.41, 5.74) is 0.608. The van der Waals surface area contributed by atoms with Crippen molar-refractivity contribution in [1.82, 2.24) is 14.8 Å². The molecule has 1 aromatic heterocycles. The SMILES string of the molecule is O=C(c1c(O)cc(F)cc1F)N1CCN(Cc2cccnc2)CC1. The molecule has 0 aliphatic carbocycles. The number of amides is 1. The van der Waals surface area contributed by atoms with Gasteiger partial charge in [-0.15, -0.1) is 0 Å². The van der Waals surface area contributed by atoms with Gasteiger partial charge >= 0.3 is 0 Å². The van der Waals surface area contributed by atoms with E-state index in [9.17, 15) is 18.7 Å². The third-order valence-electron chi connectivity index (χ3n) is 4.04. The largest absolute Gasteiger partial charge is 0.507 e. The van der Waals surface area contributed by atoms with Gasteiger partial charge in [-0.3, -0.25) is 14.7 Å². The zero-order chi connectivity index (χ0) is 17.1. The molecular weight excluding hydrogens is 316 g/mol. The lowest BCUT2D eigenvalue weighted by molar-refractivity contribution is 0.0620.